The average Bonchev–Trinajstić information content (AvgIpc) is 1.88. The molecule has 52 valence electrons. The molecule has 1 aromatic carbocycles. The predicted molar refractivity (Wildman–Crippen MR) is 36.9 cm³/mol. The van der Waals surface area contributed by atoms with Crippen molar-refractivity contribution in [2.45, 2.75) is 0 Å². The average molecular weight is 159 g/mol. The molecule has 1 rings (SSSR count). The fourth-order valence-corrected chi connectivity index (χ4v) is 0.831. The minimum Gasteiger partial charge on any atom is -0.255 e. The van der Waals surface area contributed by atoms with Gasteiger partial charge in [-0.1, -0.05) is 23.7 Å². The third-order valence-corrected chi connectivity index (χ3v) is 1.42. The summed E-state index contributed by atoms with van der Waals surface area (Å²) in [6.45, 7) is 0. The van der Waals surface area contributed by atoms with Crippen LogP contribution < -0.4 is 0 Å². The Morgan fingerprint density at radius 1 is 1.40 bits per heavy atom. The van der Waals surface area contributed by atoms with E-state index in [1.807, 2.05) is 0 Å². The van der Waals surface area contributed by atoms with Crippen LogP contribution in [0.4, 0.5) is 4.39 Å². The maximum atomic E-state index is 12.0. The van der Waals surface area contributed by atoms with Gasteiger partial charge in [-0.15, -0.1) is 0 Å². The molecule has 0 heterocycles. The van der Waals surface area contributed by atoms with Crippen molar-refractivity contribution in [1.29, 1.82) is 0 Å². The van der Waals surface area contributed by atoms with Crippen LogP contribution in [0.1, 0.15) is 10.4 Å². The Kier molecular flexibility index (Phi) is 2.02. The second-order valence-electron chi connectivity index (χ2n) is 1.75. The highest BCUT2D eigenvalue weighted by atomic mass is 35.5. The van der Waals surface area contributed by atoms with E-state index in [1.165, 1.54) is 12.1 Å². The molecular formula is C7H4ClFO. The standard InChI is InChI=1S/C7H4ClFO/c8-6-4-2-1-3-5(6)7(9)10/h1-4H. The maximum absolute atomic E-state index is 12.0. The molecule has 0 atom stereocenters. The zero-order chi connectivity index (χ0) is 7.56. The van der Waals surface area contributed by atoms with E-state index in [-0.39, 0.29) is 10.6 Å². The van der Waals surface area contributed by atoms with Crippen LogP contribution in [-0.4, -0.2) is 6.04 Å². The summed E-state index contributed by atoms with van der Waals surface area (Å²) in [4.78, 5) is 10.1. The highest BCUT2D eigenvalue weighted by Gasteiger charge is 2.05. The number of benzene rings is 1. The number of rotatable bonds is 1. The van der Waals surface area contributed by atoms with Crippen LogP contribution >= 0.6 is 11.6 Å². The lowest BCUT2D eigenvalue weighted by Crippen LogP contribution is -1.89. The van der Waals surface area contributed by atoms with E-state index in [4.69, 9.17) is 11.6 Å². The molecule has 0 bridgehead atoms. The van der Waals surface area contributed by atoms with Gasteiger partial charge >= 0.3 is 6.04 Å². The lowest BCUT2D eigenvalue weighted by Gasteiger charge is -1.92. The Morgan fingerprint density at radius 3 is 2.40 bits per heavy atom. The van der Waals surface area contributed by atoms with E-state index in [2.05, 4.69) is 0 Å². The van der Waals surface area contributed by atoms with Crippen molar-refractivity contribution in [3.05, 3.63) is 34.9 Å². The summed E-state index contributed by atoms with van der Waals surface area (Å²) in [6.07, 6.45) is 0. The van der Waals surface area contributed by atoms with Crippen molar-refractivity contribution in [2.24, 2.45) is 0 Å². The van der Waals surface area contributed by atoms with Gasteiger partial charge in [-0.05, 0) is 12.1 Å². The van der Waals surface area contributed by atoms with Gasteiger partial charge in [0.05, 0.1) is 10.6 Å². The molecule has 0 fully saturated rings. The predicted octanol–water partition coefficient (Wildman–Crippen LogP) is 2.45. The van der Waals surface area contributed by atoms with Gasteiger partial charge in [0.15, 0.2) is 0 Å². The highest BCUT2D eigenvalue weighted by Crippen LogP contribution is 2.15. The first-order valence-electron chi connectivity index (χ1n) is 2.66. The van der Waals surface area contributed by atoms with Gasteiger partial charge in [0.2, 0.25) is 0 Å². The first kappa shape index (κ1) is 7.22. The molecule has 0 saturated carbocycles. The van der Waals surface area contributed by atoms with Crippen molar-refractivity contribution >= 4 is 17.6 Å². The molecule has 0 aromatic heterocycles. The van der Waals surface area contributed by atoms with Crippen LogP contribution in [0.2, 0.25) is 5.02 Å². The van der Waals surface area contributed by atoms with Gasteiger partial charge in [0.1, 0.15) is 0 Å². The summed E-state index contributed by atoms with van der Waals surface area (Å²) in [5, 5.41) is 0.148. The highest BCUT2D eigenvalue weighted by molar-refractivity contribution is 6.33. The molecular weight excluding hydrogens is 155 g/mol. The van der Waals surface area contributed by atoms with E-state index >= 15 is 0 Å². The summed E-state index contributed by atoms with van der Waals surface area (Å²) in [5.74, 6) is 0. The number of carbonyl (C=O) groups is 1. The minimum atomic E-state index is -1.49. The quantitative estimate of drug-likeness (QED) is 0.574. The second-order valence-corrected chi connectivity index (χ2v) is 2.16. The molecule has 0 amide bonds. The fourth-order valence-electron chi connectivity index (χ4n) is 0.621. The van der Waals surface area contributed by atoms with Gasteiger partial charge in [-0.3, -0.25) is 4.79 Å². The molecule has 0 aliphatic heterocycles. The van der Waals surface area contributed by atoms with Crippen LogP contribution in [0.5, 0.6) is 0 Å². The topological polar surface area (TPSA) is 17.1 Å². The Labute approximate surface area is 62.4 Å². The number of carbonyl (C=O) groups excluding carboxylic acids is 1. The van der Waals surface area contributed by atoms with Gasteiger partial charge in [-0.2, -0.15) is 4.39 Å². The Balaban J connectivity index is 3.15. The molecule has 0 aliphatic carbocycles. The molecule has 0 spiro atoms. The lowest BCUT2D eigenvalue weighted by atomic mass is 10.2. The smallest absolute Gasteiger partial charge is 0.255 e. The monoisotopic (exact) mass is 158 g/mol. The molecule has 0 saturated heterocycles. The van der Waals surface area contributed by atoms with E-state index in [9.17, 15) is 9.18 Å². The number of halogens is 2. The molecule has 0 N–H and O–H groups in total. The van der Waals surface area contributed by atoms with Gasteiger partial charge < -0.3 is 0 Å². The van der Waals surface area contributed by atoms with Gasteiger partial charge in [0, 0.05) is 0 Å². The first-order valence-corrected chi connectivity index (χ1v) is 3.04. The number of hydrogen-bond acceptors (Lipinski definition) is 1. The van der Waals surface area contributed by atoms with Crippen molar-refractivity contribution in [3.63, 3.8) is 0 Å². The maximum Gasteiger partial charge on any atom is 0.333 e. The molecule has 0 unspecified atom stereocenters. The van der Waals surface area contributed by atoms with E-state index in [1.54, 1.807) is 12.1 Å². The summed E-state index contributed by atoms with van der Waals surface area (Å²) in [6, 6.07) is 4.50. The first-order chi connectivity index (χ1) is 4.72. The number of hydrogen-bond donors (Lipinski definition) is 0. The van der Waals surface area contributed by atoms with E-state index in [0.29, 0.717) is 0 Å². The van der Waals surface area contributed by atoms with Crippen LogP contribution in [-0.2, 0) is 0 Å². The van der Waals surface area contributed by atoms with Crippen molar-refractivity contribution in [1.82, 2.24) is 0 Å². The fraction of sp³-hybridized carbons (Fsp3) is 0. The van der Waals surface area contributed by atoms with Crippen molar-refractivity contribution in [2.75, 3.05) is 0 Å². The lowest BCUT2D eigenvalue weighted by molar-refractivity contribution is 0.0836. The normalized spacial score (nSPS) is 9.40. The Hall–Kier alpha value is -0.890. The second kappa shape index (κ2) is 2.80. The SMILES string of the molecule is O=C(F)c1ccccc1Cl. The summed E-state index contributed by atoms with van der Waals surface area (Å²) in [5.41, 5.74) is -0.0795. The largest absolute Gasteiger partial charge is 0.333 e. The molecule has 1 nitrogen and oxygen atoms in total. The minimum absolute atomic E-state index is 0.0795. The van der Waals surface area contributed by atoms with Gasteiger partial charge in [-0.25, -0.2) is 0 Å². The zero-order valence-electron chi connectivity index (χ0n) is 4.97. The molecule has 10 heavy (non-hydrogen) atoms. The van der Waals surface area contributed by atoms with E-state index in [0.717, 1.165) is 0 Å². The van der Waals surface area contributed by atoms with Crippen LogP contribution in [0, 0.1) is 0 Å². The summed E-state index contributed by atoms with van der Waals surface area (Å²) >= 11 is 5.46. The Morgan fingerprint density at radius 2 is 2.00 bits per heavy atom. The molecule has 0 aliphatic rings. The summed E-state index contributed by atoms with van der Waals surface area (Å²) in [7, 11) is 0. The molecule has 1 aromatic rings. The molecule has 0 radical (unpaired) electrons. The van der Waals surface area contributed by atoms with Crippen molar-refractivity contribution < 1.29 is 9.18 Å². The Bertz CT molecular complexity index is 260. The zero-order valence-corrected chi connectivity index (χ0v) is 5.73. The van der Waals surface area contributed by atoms with Crippen LogP contribution in [0.15, 0.2) is 24.3 Å². The third kappa shape index (κ3) is 1.33. The van der Waals surface area contributed by atoms with Crippen LogP contribution in [0.3, 0.4) is 0 Å². The third-order valence-electron chi connectivity index (χ3n) is 1.09. The van der Waals surface area contributed by atoms with E-state index < -0.39 is 6.04 Å². The van der Waals surface area contributed by atoms with Gasteiger partial charge in [0.25, 0.3) is 0 Å². The summed E-state index contributed by atoms with van der Waals surface area (Å²) < 4.78 is 12.0. The van der Waals surface area contributed by atoms with Crippen LogP contribution in [0.25, 0.3) is 0 Å². The molecule has 3 heteroatoms. The van der Waals surface area contributed by atoms with Crippen molar-refractivity contribution in [3.8, 4) is 0 Å².